The van der Waals surface area contributed by atoms with E-state index in [1.54, 1.807) is 31.4 Å². The fraction of sp³-hybridized carbons (Fsp3) is 0.200. The number of halogens is 1. The number of pyridine rings is 1. The van der Waals surface area contributed by atoms with Gasteiger partial charge in [0.2, 0.25) is 0 Å². The molecular weight excluding hydrogens is 292 g/mol. The lowest BCUT2D eigenvalue weighted by Gasteiger charge is -2.12. The molecule has 6 heteroatoms. The van der Waals surface area contributed by atoms with Crippen LogP contribution in [-0.2, 0) is 7.05 Å². The molecule has 1 aromatic carbocycles. The third-order valence-electron chi connectivity index (χ3n) is 3.10. The zero-order valence-electron chi connectivity index (χ0n) is 11.9. The summed E-state index contributed by atoms with van der Waals surface area (Å²) < 4.78 is 6.54. The van der Waals surface area contributed by atoms with Crippen LogP contribution < -0.4 is 15.6 Å². The minimum atomic E-state index is -0.490. The number of carbonyl (C=O) groups excluding carboxylic acids is 1. The molecule has 1 N–H and O–H groups in total. The molecule has 1 amide bonds. The van der Waals surface area contributed by atoms with Gasteiger partial charge in [0, 0.05) is 24.3 Å². The number of nitrogens with zero attached hydrogens (tertiary/aromatic N) is 1. The van der Waals surface area contributed by atoms with Gasteiger partial charge in [0.25, 0.3) is 11.5 Å². The quantitative estimate of drug-likeness (QED) is 0.948. The number of carbonyl (C=O) groups is 1. The summed E-state index contributed by atoms with van der Waals surface area (Å²) in [6.45, 7) is 1.82. The number of methoxy groups -OCH3 is 1. The van der Waals surface area contributed by atoms with Gasteiger partial charge in [-0.3, -0.25) is 9.59 Å². The average Bonchev–Trinajstić information content (AvgIpc) is 2.45. The summed E-state index contributed by atoms with van der Waals surface area (Å²) in [5.74, 6) is -0.0528. The summed E-state index contributed by atoms with van der Waals surface area (Å²) in [7, 11) is 3.07. The summed E-state index contributed by atoms with van der Waals surface area (Å²) in [4.78, 5) is 24.2. The summed E-state index contributed by atoms with van der Waals surface area (Å²) >= 11 is 6.02. The molecule has 110 valence electrons. The Hall–Kier alpha value is -2.27. The molecule has 2 aromatic rings. The lowest BCUT2D eigenvalue weighted by atomic mass is 10.2. The van der Waals surface area contributed by atoms with Gasteiger partial charge in [-0.2, -0.15) is 0 Å². The molecular formula is C15H15ClN2O3. The molecule has 0 radical (unpaired) electrons. The maximum Gasteiger partial charge on any atom is 0.263 e. The van der Waals surface area contributed by atoms with Gasteiger partial charge in [-0.25, -0.2) is 0 Å². The Morgan fingerprint density at radius 2 is 2.10 bits per heavy atom. The second kappa shape index (κ2) is 6.01. The number of aromatic nitrogens is 1. The Balaban J connectivity index is 2.38. The minimum Gasteiger partial charge on any atom is -0.495 e. The smallest absolute Gasteiger partial charge is 0.263 e. The number of rotatable bonds is 3. The lowest BCUT2D eigenvalue weighted by Crippen LogP contribution is -2.27. The SMILES string of the molecule is COc1cc(Cl)c(C)cc1NC(=O)c1cccn(C)c1=O. The Labute approximate surface area is 127 Å². The Morgan fingerprint density at radius 1 is 1.38 bits per heavy atom. The lowest BCUT2D eigenvalue weighted by molar-refractivity contribution is 0.102. The van der Waals surface area contributed by atoms with Crippen molar-refractivity contribution in [3.05, 3.63) is 57.0 Å². The van der Waals surface area contributed by atoms with Crippen LogP contribution in [0.2, 0.25) is 5.02 Å². The zero-order chi connectivity index (χ0) is 15.6. The van der Waals surface area contributed by atoms with E-state index in [9.17, 15) is 9.59 Å². The van der Waals surface area contributed by atoms with Gasteiger partial charge < -0.3 is 14.6 Å². The second-order valence-electron chi connectivity index (χ2n) is 4.59. The average molecular weight is 307 g/mol. The highest BCUT2D eigenvalue weighted by Crippen LogP contribution is 2.31. The van der Waals surface area contributed by atoms with Crippen molar-refractivity contribution in [2.24, 2.45) is 7.05 Å². The maximum atomic E-state index is 12.2. The first-order valence-electron chi connectivity index (χ1n) is 6.25. The van der Waals surface area contributed by atoms with E-state index in [0.717, 1.165) is 5.56 Å². The summed E-state index contributed by atoms with van der Waals surface area (Å²) in [5.41, 5.74) is 0.971. The van der Waals surface area contributed by atoms with E-state index in [2.05, 4.69) is 5.32 Å². The van der Waals surface area contributed by atoms with E-state index in [-0.39, 0.29) is 11.1 Å². The maximum absolute atomic E-state index is 12.2. The van der Waals surface area contributed by atoms with Gasteiger partial charge in [0.1, 0.15) is 11.3 Å². The molecule has 0 fully saturated rings. The van der Waals surface area contributed by atoms with Gasteiger partial charge in [0.15, 0.2) is 0 Å². The number of nitrogens with one attached hydrogen (secondary N) is 1. The first kappa shape index (κ1) is 15.1. The highest BCUT2D eigenvalue weighted by atomic mass is 35.5. The molecule has 2 rings (SSSR count). The number of ether oxygens (including phenoxy) is 1. The highest BCUT2D eigenvalue weighted by Gasteiger charge is 2.14. The molecule has 0 aliphatic carbocycles. The number of hydrogen-bond donors (Lipinski definition) is 1. The van der Waals surface area contributed by atoms with Crippen LogP contribution in [0.25, 0.3) is 0 Å². The Bertz CT molecular complexity index is 753. The van der Waals surface area contributed by atoms with Crippen molar-refractivity contribution in [3.8, 4) is 5.75 Å². The van der Waals surface area contributed by atoms with E-state index in [0.29, 0.717) is 16.5 Å². The number of aryl methyl sites for hydroxylation is 2. The number of anilines is 1. The summed E-state index contributed by atoms with van der Waals surface area (Å²) in [6, 6.07) is 6.44. The molecule has 0 saturated heterocycles. The van der Waals surface area contributed by atoms with Crippen LogP contribution in [0.15, 0.2) is 35.3 Å². The molecule has 0 bridgehead atoms. The van der Waals surface area contributed by atoms with E-state index in [1.165, 1.54) is 17.7 Å². The normalized spacial score (nSPS) is 10.3. The van der Waals surface area contributed by atoms with Crippen LogP contribution >= 0.6 is 11.6 Å². The van der Waals surface area contributed by atoms with Crippen molar-refractivity contribution in [1.29, 1.82) is 0 Å². The molecule has 1 heterocycles. The van der Waals surface area contributed by atoms with Crippen molar-refractivity contribution < 1.29 is 9.53 Å². The first-order chi connectivity index (χ1) is 9.93. The first-order valence-corrected chi connectivity index (χ1v) is 6.63. The van der Waals surface area contributed by atoms with Crippen molar-refractivity contribution >= 4 is 23.2 Å². The molecule has 5 nitrogen and oxygen atoms in total. The standard InChI is InChI=1S/C15H15ClN2O3/c1-9-7-12(13(21-3)8-11(9)16)17-14(19)10-5-4-6-18(2)15(10)20/h4-8H,1-3H3,(H,17,19). The van der Waals surface area contributed by atoms with Crippen molar-refractivity contribution in [2.45, 2.75) is 6.92 Å². The molecule has 0 spiro atoms. The molecule has 0 unspecified atom stereocenters. The van der Waals surface area contributed by atoms with Crippen LogP contribution in [0, 0.1) is 6.92 Å². The molecule has 0 aliphatic rings. The fourth-order valence-corrected chi connectivity index (χ4v) is 2.04. The zero-order valence-corrected chi connectivity index (χ0v) is 12.7. The van der Waals surface area contributed by atoms with Crippen LogP contribution in [0.4, 0.5) is 5.69 Å². The largest absolute Gasteiger partial charge is 0.495 e. The Morgan fingerprint density at radius 3 is 2.76 bits per heavy atom. The van der Waals surface area contributed by atoms with Crippen molar-refractivity contribution in [2.75, 3.05) is 12.4 Å². The van der Waals surface area contributed by atoms with Gasteiger partial charge in [-0.05, 0) is 30.7 Å². The van der Waals surface area contributed by atoms with Crippen LogP contribution in [-0.4, -0.2) is 17.6 Å². The molecule has 1 aromatic heterocycles. The monoisotopic (exact) mass is 306 g/mol. The number of hydrogen-bond acceptors (Lipinski definition) is 3. The van der Waals surface area contributed by atoms with Gasteiger partial charge in [-0.1, -0.05) is 11.6 Å². The van der Waals surface area contributed by atoms with Gasteiger partial charge >= 0.3 is 0 Å². The number of benzene rings is 1. The van der Waals surface area contributed by atoms with Crippen LogP contribution in [0.3, 0.4) is 0 Å². The summed E-state index contributed by atoms with van der Waals surface area (Å²) in [6.07, 6.45) is 1.59. The fourth-order valence-electron chi connectivity index (χ4n) is 1.89. The predicted molar refractivity (Wildman–Crippen MR) is 82.4 cm³/mol. The van der Waals surface area contributed by atoms with Crippen LogP contribution in [0.5, 0.6) is 5.75 Å². The minimum absolute atomic E-state index is 0.0645. The van der Waals surface area contributed by atoms with Gasteiger partial charge in [0.05, 0.1) is 12.8 Å². The highest BCUT2D eigenvalue weighted by molar-refractivity contribution is 6.31. The predicted octanol–water partition coefficient (Wildman–Crippen LogP) is 2.61. The molecule has 0 aliphatic heterocycles. The third kappa shape index (κ3) is 3.08. The number of amides is 1. The topological polar surface area (TPSA) is 60.3 Å². The van der Waals surface area contributed by atoms with E-state index in [4.69, 9.17) is 16.3 Å². The van der Waals surface area contributed by atoms with Gasteiger partial charge in [-0.15, -0.1) is 0 Å². The molecule has 21 heavy (non-hydrogen) atoms. The van der Waals surface area contributed by atoms with Crippen molar-refractivity contribution in [1.82, 2.24) is 4.57 Å². The van der Waals surface area contributed by atoms with E-state index in [1.807, 2.05) is 6.92 Å². The van der Waals surface area contributed by atoms with E-state index >= 15 is 0 Å². The Kier molecular flexibility index (Phi) is 4.33. The third-order valence-corrected chi connectivity index (χ3v) is 3.50. The molecule has 0 saturated carbocycles. The molecule has 0 atom stereocenters. The second-order valence-corrected chi connectivity index (χ2v) is 5.00. The van der Waals surface area contributed by atoms with Crippen LogP contribution in [0.1, 0.15) is 15.9 Å². The summed E-state index contributed by atoms with van der Waals surface area (Å²) in [5, 5.41) is 3.22. The van der Waals surface area contributed by atoms with E-state index < -0.39 is 5.91 Å². The van der Waals surface area contributed by atoms with Crippen molar-refractivity contribution in [3.63, 3.8) is 0 Å².